The molecule has 3 heterocycles. The van der Waals surface area contributed by atoms with E-state index >= 15 is 0 Å². The number of aromatic nitrogens is 4. The third-order valence-electron chi connectivity index (χ3n) is 4.40. The Hall–Kier alpha value is -2.91. The van der Waals surface area contributed by atoms with Crippen molar-refractivity contribution in [2.75, 3.05) is 44.7 Å². The van der Waals surface area contributed by atoms with Gasteiger partial charge >= 0.3 is 6.09 Å². The van der Waals surface area contributed by atoms with E-state index < -0.39 is 11.7 Å². The van der Waals surface area contributed by atoms with E-state index in [1.807, 2.05) is 13.0 Å². The Kier molecular flexibility index (Phi) is 5.39. The van der Waals surface area contributed by atoms with Crippen LogP contribution in [0, 0.1) is 6.92 Å². The number of nitrogens with zero attached hydrogens (tertiary/aromatic N) is 7. The zero-order valence-corrected chi connectivity index (χ0v) is 17.0. The van der Waals surface area contributed by atoms with Crippen LogP contribution in [-0.2, 0) is 9.53 Å². The third-order valence-corrected chi connectivity index (χ3v) is 4.40. The average Bonchev–Trinajstić information content (AvgIpc) is 3.07. The molecule has 0 unspecified atom stereocenters. The number of carbonyl (C=O) groups is 2. The van der Waals surface area contributed by atoms with E-state index in [9.17, 15) is 9.59 Å². The minimum atomic E-state index is -0.588. The van der Waals surface area contributed by atoms with Gasteiger partial charge in [0, 0.05) is 45.0 Å². The number of piperazine rings is 1. The number of anilines is 1. The molecule has 0 radical (unpaired) electrons. The predicted molar refractivity (Wildman–Crippen MR) is 103 cm³/mol. The molecule has 1 saturated heterocycles. The summed E-state index contributed by atoms with van der Waals surface area (Å²) in [5.41, 5.74) is 0.281. The van der Waals surface area contributed by atoms with E-state index in [2.05, 4.69) is 20.0 Å². The van der Waals surface area contributed by atoms with Crippen molar-refractivity contribution in [2.45, 2.75) is 33.3 Å². The molecule has 2 aromatic rings. The quantitative estimate of drug-likeness (QED) is 0.771. The monoisotopic (exact) mass is 389 g/mol. The molecule has 0 aromatic carbocycles. The van der Waals surface area contributed by atoms with Crippen LogP contribution in [0.4, 0.5) is 10.6 Å². The Bertz CT molecular complexity index is 866. The summed E-state index contributed by atoms with van der Waals surface area (Å²) in [5.74, 6) is 1.38. The van der Waals surface area contributed by atoms with Gasteiger partial charge in [0.2, 0.25) is 5.91 Å². The molecule has 2 amide bonds. The lowest BCUT2D eigenvalue weighted by Crippen LogP contribution is -2.52. The zero-order valence-electron chi connectivity index (χ0n) is 17.0. The highest BCUT2D eigenvalue weighted by Gasteiger charge is 2.26. The normalized spacial score (nSPS) is 15.0. The number of carbonyl (C=O) groups excluding carboxylic acids is 2. The maximum Gasteiger partial charge on any atom is 0.410 e. The van der Waals surface area contributed by atoms with Crippen molar-refractivity contribution in [1.82, 2.24) is 29.4 Å². The lowest BCUT2D eigenvalue weighted by atomic mass is 10.2. The minimum Gasteiger partial charge on any atom is -0.444 e. The summed E-state index contributed by atoms with van der Waals surface area (Å²) in [6.07, 6.45) is 0.984. The molecule has 2 aromatic heterocycles. The zero-order chi connectivity index (χ0) is 20.5. The molecule has 10 heteroatoms. The molecule has 1 fully saturated rings. The SMILES string of the molecule is Cc1cc(N2CCN(C(=O)CN(C)C(=O)OC(C)(C)C)CC2)n2ncnc2n1. The van der Waals surface area contributed by atoms with Gasteiger partial charge in [0.05, 0.1) is 0 Å². The standard InChI is InChI=1S/C18H27N7O3/c1-13-10-14(25-16(21-13)19-12-20-25)23-6-8-24(9-7-23)15(26)11-22(5)17(27)28-18(2,3)4/h10,12H,6-9,11H2,1-5H3. The number of ether oxygens (including phenoxy) is 1. The maximum absolute atomic E-state index is 12.6. The molecule has 1 aliphatic heterocycles. The minimum absolute atomic E-state index is 0.00337. The second kappa shape index (κ2) is 7.61. The second-order valence-corrected chi connectivity index (χ2v) is 7.93. The first-order valence-electron chi connectivity index (χ1n) is 9.28. The molecule has 0 spiro atoms. The lowest BCUT2D eigenvalue weighted by molar-refractivity contribution is -0.132. The molecule has 0 N–H and O–H groups in total. The number of hydrogen-bond acceptors (Lipinski definition) is 7. The van der Waals surface area contributed by atoms with Crippen LogP contribution in [0.3, 0.4) is 0 Å². The van der Waals surface area contributed by atoms with Gasteiger partial charge in [0.25, 0.3) is 5.78 Å². The van der Waals surface area contributed by atoms with E-state index in [4.69, 9.17) is 4.74 Å². The molecular formula is C18H27N7O3. The van der Waals surface area contributed by atoms with E-state index in [0.717, 1.165) is 11.5 Å². The molecule has 28 heavy (non-hydrogen) atoms. The van der Waals surface area contributed by atoms with Crippen LogP contribution in [-0.4, -0.2) is 86.8 Å². The van der Waals surface area contributed by atoms with E-state index in [1.165, 1.54) is 11.2 Å². The van der Waals surface area contributed by atoms with Gasteiger partial charge in [-0.05, 0) is 27.7 Å². The fourth-order valence-corrected chi connectivity index (χ4v) is 3.03. The van der Waals surface area contributed by atoms with Crippen LogP contribution in [0.5, 0.6) is 0 Å². The highest BCUT2D eigenvalue weighted by atomic mass is 16.6. The number of likely N-dealkylation sites (N-methyl/N-ethyl adjacent to an activating group) is 1. The van der Waals surface area contributed by atoms with Gasteiger partial charge < -0.3 is 19.4 Å². The van der Waals surface area contributed by atoms with Crippen LogP contribution >= 0.6 is 0 Å². The lowest BCUT2D eigenvalue weighted by Gasteiger charge is -2.36. The van der Waals surface area contributed by atoms with Crippen molar-refractivity contribution < 1.29 is 14.3 Å². The third kappa shape index (κ3) is 4.49. The maximum atomic E-state index is 12.6. The Balaban J connectivity index is 1.58. The molecule has 1 aliphatic rings. The van der Waals surface area contributed by atoms with E-state index in [0.29, 0.717) is 32.0 Å². The van der Waals surface area contributed by atoms with E-state index in [1.54, 1.807) is 37.2 Å². The first-order chi connectivity index (χ1) is 13.1. The summed E-state index contributed by atoms with van der Waals surface area (Å²) >= 11 is 0. The van der Waals surface area contributed by atoms with Crippen LogP contribution in [0.2, 0.25) is 0 Å². The van der Waals surface area contributed by atoms with Gasteiger partial charge in [-0.3, -0.25) is 4.79 Å². The van der Waals surface area contributed by atoms with Crippen LogP contribution in [0.25, 0.3) is 5.78 Å². The van der Waals surface area contributed by atoms with Gasteiger partial charge in [0.15, 0.2) is 0 Å². The summed E-state index contributed by atoms with van der Waals surface area (Å²) < 4.78 is 7.00. The van der Waals surface area contributed by atoms with Crippen LogP contribution < -0.4 is 4.90 Å². The molecule has 0 saturated carbocycles. The smallest absolute Gasteiger partial charge is 0.410 e. The van der Waals surface area contributed by atoms with Crippen LogP contribution in [0.1, 0.15) is 26.5 Å². The topological polar surface area (TPSA) is 96.2 Å². The molecule has 0 atom stereocenters. The van der Waals surface area contributed by atoms with Crippen LogP contribution in [0.15, 0.2) is 12.4 Å². The van der Waals surface area contributed by atoms with Gasteiger partial charge in [-0.15, -0.1) is 0 Å². The first kappa shape index (κ1) is 19.8. The summed E-state index contributed by atoms with van der Waals surface area (Å²) in [4.78, 5) is 38.4. The summed E-state index contributed by atoms with van der Waals surface area (Å²) in [6, 6.07) is 1.97. The largest absolute Gasteiger partial charge is 0.444 e. The van der Waals surface area contributed by atoms with Crippen molar-refractivity contribution in [3.8, 4) is 0 Å². The second-order valence-electron chi connectivity index (χ2n) is 7.93. The summed E-state index contributed by atoms with van der Waals surface area (Å²) in [6.45, 7) is 9.78. The summed E-state index contributed by atoms with van der Waals surface area (Å²) in [5, 5.41) is 4.24. The first-order valence-corrected chi connectivity index (χ1v) is 9.28. The van der Waals surface area contributed by atoms with Gasteiger partial charge in [-0.25, -0.2) is 9.78 Å². The van der Waals surface area contributed by atoms with Gasteiger partial charge in [-0.2, -0.15) is 14.6 Å². The number of hydrogen-bond donors (Lipinski definition) is 0. The molecule has 10 nitrogen and oxygen atoms in total. The Morgan fingerprint density at radius 1 is 1.21 bits per heavy atom. The van der Waals surface area contributed by atoms with E-state index in [-0.39, 0.29) is 12.5 Å². The Labute approximate surface area is 164 Å². The predicted octanol–water partition coefficient (Wildman–Crippen LogP) is 0.948. The Morgan fingerprint density at radius 2 is 1.89 bits per heavy atom. The number of amides is 2. The average molecular weight is 389 g/mol. The van der Waals surface area contributed by atoms with Gasteiger partial charge in [-0.1, -0.05) is 0 Å². The van der Waals surface area contributed by atoms with Gasteiger partial charge in [0.1, 0.15) is 24.3 Å². The van der Waals surface area contributed by atoms with Crippen molar-refractivity contribution in [2.24, 2.45) is 0 Å². The van der Waals surface area contributed by atoms with Crippen molar-refractivity contribution in [3.05, 3.63) is 18.1 Å². The fraction of sp³-hybridized carbons (Fsp3) is 0.611. The summed E-state index contributed by atoms with van der Waals surface area (Å²) in [7, 11) is 1.57. The highest BCUT2D eigenvalue weighted by Crippen LogP contribution is 2.18. The number of fused-ring (bicyclic) bond motifs is 1. The number of rotatable bonds is 3. The molecule has 0 aliphatic carbocycles. The number of aryl methyl sites for hydroxylation is 1. The molecule has 152 valence electrons. The molecule has 3 rings (SSSR count). The van der Waals surface area contributed by atoms with Crippen molar-refractivity contribution in [1.29, 1.82) is 0 Å². The highest BCUT2D eigenvalue weighted by molar-refractivity contribution is 5.82. The van der Waals surface area contributed by atoms with Crippen molar-refractivity contribution >= 4 is 23.6 Å². The molecular weight excluding hydrogens is 362 g/mol. The van der Waals surface area contributed by atoms with Crippen molar-refractivity contribution in [3.63, 3.8) is 0 Å². The molecule has 0 bridgehead atoms. The Morgan fingerprint density at radius 3 is 2.54 bits per heavy atom. The fourth-order valence-electron chi connectivity index (χ4n) is 3.03.